The van der Waals surface area contributed by atoms with Crippen LogP contribution in [0.25, 0.3) is 0 Å². The topological polar surface area (TPSA) is 75.8 Å². The molecule has 0 radical (unpaired) electrons. The lowest BCUT2D eigenvalue weighted by Gasteiger charge is -2.37. The van der Waals surface area contributed by atoms with Crippen LogP contribution in [0.15, 0.2) is 0 Å². The number of aliphatic hydroxyl groups is 1. The number of ether oxygens (including phenoxy) is 1. The van der Waals surface area contributed by atoms with Crippen molar-refractivity contribution in [3.05, 3.63) is 0 Å². The Bertz CT molecular complexity index is 217. The smallest absolute Gasteiger partial charge is 0.253 e. The maximum Gasteiger partial charge on any atom is 0.253 e. The van der Waals surface area contributed by atoms with Crippen molar-refractivity contribution in [1.82, 2.24) is 4.90 Å². The van der Waals surface area contributed by atoms with Crippen LogP contribution >= 0.6 is 0 Å². The molecule has 0 saturated carbocycles. The SMILES string of the molecule is COC(CN)C(=O)N1CCCCC1CCO. The van der Waals surface area contributed by atoms with Gasteiger partial charge in [0, 0.05) is 32.8 Å². The Hall–Kier alpha value is -0.650. The van der Waals surface area contributed by atoms with Crippen LogP contribution in [0.4, 0.5) is 0 Å². The van der Waals surface area contributed by atoms with Gasteiger partial charge in [0.15, 0.2) is 0 Å². The molecule has 2 atom stereocenters. The number of amides is 1. The van der Waals surface area contributed by atoms with Crippen molar-refractivity contribution in [1.29, 1.82) is 0 Å². The lowest BCUT2D eigenvalue weighted by Crippen LogP contribution is -2.50. The molecule has 1 saturated heterocycles. The van der Waals surface area contributed by atoms with Crippen molar-refractivity contribution in [2.24, 2.45) is 5.73 Å². The highest BCUT2D eigenvalue weighted by molar-refractivity contribution is 5.81. The molecule has 0 spiro atoms. The second-order valence-electron chi connectivity index (χ2n) is 4.15. The Balaban J connectivity index is 2.62. The zero-order valence-corrected chi connectivity index (χ0v) is 9.89. The van der Waals surface area contributed by atoms with Crippen LogP contribution in [0.1, 0.15) is 25.7 Å². The number of carbonyl (C=O) groups is 1. The van der Waals surface area contributed by atoms with Gasteiger partial charge in [-0.3, -0.25) is 4.79 Å². The Morgan fingerprint density at radius 2 is 2.38 bits per heavy atom. The molecule has 1 aliphatic heterocycles. The van der Waals surface area contributed by atoms with E-state index in [1.807, 2.05) is 4.90 Å². The molecule has 5 nitrogen and oxygen atoms in total. The molecule has 5 heteroatoms. The fourth-order valence-electron chi connectivity index (χ4n) is 2.22. The lowest BCUT2D eigenvalue weighted by atomic mass is 9.99. The number of hydrogen-bond donors (Lipinski definition) is 2. The number of likely N-dealkylation sites (tertiary alicyclic amines) is 1. The van der Waals surface area contributed by atoms with Gasteiger partial charge in [-0.1, -0.05) is 0 Å². The monoisotopic (exact) mass is 230 g/mol. The highest BCUT2D eigenvalue weighted by Crippen LogP contribution is 2.20. The first-order valence-corrected chi connectivity index (χ1v) is 5.88. The molecular weight excluding hydrogens is 208 g/mol. The maximum absolute atomic E-state index is 12.1. The van der Waals surface area contributed by atoms with Gasteiger partial charge in [0.1, 0.15) is 6.10 Å². The van der Waals surface area contributed by atoms with E-state index < -0.39 is 6.10 Å². The molecule has 16 heavy (non-hydrogen) atoms. The van der Waals surface area contributed by atoms with E-state index in [1.54, 1.807) is 0 Å². The van der Waals surface area contributed by atoms with E-state index in [9.17, 15) is 4.79 Å². The fraction of sp³-hybridized carbons (Fsp3) is 0.909. The molecule has 94 valence electrons. The first kappa shape index (κ1) is 13.4. The third kappa shape index (κ3) is 3.17. The van der Waals surface area contributed by atoms with Gasteiger partial charge in [0.2, 0.25) is 0 Å². The third-order valence-electron chi connectivity index (χ3n) is 3.15. The summed E-state index contributed by atoms with van der Waals surface area (Å²) < 4.78 is 5.06. The number of carbonyl (C=O) groups excluding carboxylic acids is 1. The van der Waals surface area contributed by atoms with Crippen molar-refractivity contribution in [3.63, 3.8) is 0 Å². The number of hydrogen-bond acceptors (Lipinski definition) is 4. The van der Waals surface area contributed by atoms with Crippen LogP contribution in [0.5, 0.6) is 0 Å². The van der Waals surface area contributed by atoms with E-state index in [-0.39, 0.29) is 25.1 Å². The van der Waals surface area contributed by atoms with Gasteiger partial charge >= 0.3 is 0 Å². The summed E-state index contributed by atoms with van der Waals surface area (Å²) >= 11 is 0. The largest absolute Gasteiger partial charge is 0.396 e. The molecule has 0 aliphatic carbocycles. The van der Waals surface area contributed by atoms with E-state index in [0.29, 0.717) is 6.42 Å². The van der Waals surface area contributed by atoms with Crippen molar-refractivity contribution < 1.29 is 14.6 Å². The van der Waals surface area contributed by atoms with Crippen LogP contribution in [0.3, 0.4) is 0 Å². The summed E-state index contributed by atoms with van der Waals surface area (Å²) in [7, 11) is 1.50. The van der Waals surface area contributed by atoms with Crippen LogP contribution in [-0.2, 0) is 9.53 Å². The molecule has 1 heterocycles. The normalized spacial score (nSPS) is 23.2. The molecule has 0 aromatic carbocycles. The molecule has 1 aliphatic rings. The number of piperidine rings is 1. The minimum Gasteiger partial charge on any atom is -0.396 e. The van der Waals surface area contributed by atoms with E-state index >= 15 is 0 Å². The molecule has 0 bridgehead atoms. The molecule has 1 rings (SSSR count). The van der Waals surface area contributed by atoms with Crippen LogP contribution in [0, 0.1) is 0 Å². The summed E-state index contributed by atoms with van der Waals surface area (Å²) in [6.07, 6.45) is 3.21. The predicted molar refractivity (Wildman–Crippen MR) is 60.9 cm³/mol. The minimum atomic E-state index is -0.542. The van der Waals surface area contributed by atoms with Gasteiger partial charge in [-0.15, -0.1) is 0 Å². The number of nitrogens with two attached hydrogens (primary N) is 1. The number of aliphatic hydroxyl groups excluding tert-OH is 1. The van der Waals surface area contributed by atoms with E-state index in [2.05, 4.69) is 0 Å². The second-order valence-corrected chi connectivity index (χ2v) is 4.15. The summed E-state index contributed by atoms with van der Waals surface area (Å²) in [5.74, 6) is -0.0387. The van der Waals surface area contributed by atoms with E-state index in [1.165, 1.54) is 7.11 Å². The molecule has 3 N–H and O–H groups in total. The van der Waals surface area contributed by atoms with E-state index in [4.69, 9.17) is 15.6 Å². The molecule has 1 amide bonds. The zero-order chi connectivity index (χ0) is 12.0. The molecule has 0 aromatic rings. The first-order chi connectivity index (χ1) is 7.74. The Morgan fingerprint density at radius 3 is 2.94 bits per heavy atom. The number of nitrogens with zero attached hydrogens (tertiary/aromatic N) is 1. The molecular formula is C11H22N2O3. The third-order valence-corrected chi connectivity index (χ3v) is 3.15. The number of methoxy groups -OCH3 is 1. The first-order valence-electron chi connectivity index (χ1n) is 5.88. The molecule has 0 aromatic heterocycles. The van der Waals surface area contributed by atoms with Gasteiger partial charge < -0.3 is 20.5 Å². The predicted octanol–water partition coefficient (Wildman–Crippen LogP) is -0.276. The average Bonchev–Trinajstić information content (AvgIpc) is 2.31. The second kappa shape index (κ2) is 6.83. The summed E-state index contributed by atoms with van der Waals surface area (Å²) in [4.78, 5) is 13.9. The van der Waals surface area contributed by atoms with Crippen molar-refractivity contribution >= 4 is 5.91 Å². The summed E-state index contributed by atoms with van der Waals surface area (Å²) in [6, 6.07) is 0.149. The molecule has 1 fully saturated rings. The van der Waals surface area contributed by atoms with Gasteiger partial charge in [-0.05, 0) is 25.7 Å². The van der Waals surface area contributed by atoms with Gasteiger partial charge in [0.25, 0.3) is 5.91 Å². The number of rotatable bonds is 5. The van der Waals surface area contributed by atoms with Crippen molar-refractivity contribution in [2.75, 3.05) is 26.8 Å². The summed E-state index contributed by atoms with van der Waals surface area (Å²) in [5.41, 5.74) is 5.49. The highest BCUT2D eigenvalue weighted by atomic mass is 16.5. The standard InChI is InChI=1S/C11H22N2O3/c1-16-10(8-12)11(15)13-6-3-2-4-9(13)5-7-14/h9-10,14H,2-8,12H2,1H3. The van der Waals surface area contributed by atoms with Crippen LogP contribution in [0.2, 0.25) is 0 Å². The zero-order valence-electron chi connectivity index (χ0n) is 9.89. The maximum atomic E-state index is 12.1. The lowest BCUT2D eigenvalue weighted by molar-refractivity contribution is -0.145. The summed E-state index contributed by atoms with van der Waals surface area (Å²) in [5, 5.41) is 8.98. The quantitative estimate of drug-likeness (QED) is 0.681. The van der Waals surface area contributed by atoms with Gasteiger partial charge in [-0.2, -0.15) is 0 Å². The Kier molecular flexibility index (Phi) is 5.73. The van der Waals surface area contributed by atoms with E-state index in [0.717, 1.165) is 25.8 Å². The fourth-order valence-corrected chi connectivity index (χ4v) is 2.22. The van der Waals surface area contributed by atoms with Crippen molar-refractivity contribution in [3.8, 4) is 0 Å². The van der Waals surface area contributed by atoms with Gasteiger partial charge in [-0.25, -0.2) is 0 Å². The highest BCUT2D eigenvalue weighted by Gasteiger charge is 2.30. The van der Waals surface area contributed by atoms with Crippen molar-refractivity contribution in [2.45, 2.75) is 37.8 Å². The van der Waals surface area contributed by atoms with Gasteiger partial charge in [0.05, 0.1) is 0 Å². The average molecular weight is 230 g/mol. The van der Waals surface area contributed by atoms with Crippen LogP contribution < -0.4 is 5.73 Å². The minimum absolute atomic E-state index is 0.0387. The van der Waals surface area contributed by atoms with Crippen LogP contribution in [-0.4, -0.2) is 54.9 Å². The Morgan fingerprint density at radius 1 is 1.62 bits per heavy atom. The Labute approximate surface area is 96.6 Å². The summed E-state index contributed by atoms with van der Waals surface area (Å²) in [6.45, 7) is 1.08. The molecule has 2 unspecified atom stereocenters.